The molecular weight excluding hydrogens is 210 g/mol. The Kier molecular flexibility index (Phi) is 4.30. The SMILES string of the molecule is CCC(C)N1C(N)=NCC1CC1CCCCC1. The van der Waals surface area contributed by atoms with Gasteiger partial charge in [-0.15, -0.1) is 0 Å². The van der Waals surface area contributed by atoms with Gasteiger partial charge in [-0.2, -0.15) is 0 Å². The lowest BCUT2D eigenvalue weighted by Gasteiger charge is -2.34. The molecule has 0 spiro atoms. The van der Waals surface area contributed by atoms with Crippen LogP contribution in [0.4, 0.5) is 0 Å². The molecule has 1 aliphatic carbocycles. The van der Waals surface area contributed by atoms with Crippen molar-refractivity contribution in [1.82, 2.24) is 4.90 Å². The molecule has 2 unspecified atom stereocenters. The zero-order valence-corrected chi connectivity index (χ0v) is 11.4. The highest BCUT2D eigenvalue weighted by molar-refractivity contribution is 5.80. The van der Waals surface area contributed by atoms with Crippen molar-refractivity contribution in [3.8, 4) is 0 Å². The first-order chi connectivity index (χ1) is 8.22. The van der Waals surface area contributed by atoms with E-state index in [1.807, 2.05) is 0 Å². The van der Waals surface area contributed by atoms with E-state index >= 15 is 0 Å². The van der Waals surface area contributed by atoms with E-state index in [0.29, 0.717) is 12.1 Å². The van der Waals surface area contributed by atoms with E-state index in [1.165, 1.54) is 38.5 Å². The summed E-state index contributed by atoms with van der Waals surface area (Å²) in [6.07, 6.45) is 9.59. The molecular formula is C14H27N3. The fourth-order valence-corrected chi connectivity index (χ4v) is 3.33. The van der Waals surface area contributed by atoms with Crippen LogP contribution in [0.2, 0.25) is 0 Å². The summed E-state index contributed by atoms with van der Waals surface area (Å²) in [5.74, 6) is 1.70. The topological polar surface area (TPSA) is 41.6 Å². The minimum Gasteiger partial charge on any atom is -0.370 e. The van der Waals surface area contributed by atoms with Gasteiger partial charge in [0, 0.05) is 6.04 Å². The third-order valence-corrected chi connectivity index (χ3v) is 4.52. The summed E-state index contributed by atoms with van der Waals surface area (Å²) in [5.41, 5.74) is 6.03. The van der Waals surface area contributed by atoms with Crippen LogP contribution in [0.5, 0.6) is 0 Å². The molecule has 0 bridgehead atoms. The van der Waals surface area contributed by atoms with Gasteiger partial charge in [0.1, 0.15) is 0 Å². The summed E-state index contributed by atoms with van der Waals surface area (Å²) >= 11 is 0. The van der Waals surface area contributed by atoms with Crippen molar-refractivity contribution in [3.63, 3.8) is 0 Å². The van der Waals surface area contributed by atoms with Crippen LogP contribution in [-0.2, 0) is 0 Å². The van der Waals surface area contributed by atoms with Crippen molar-refractivity contribution in [2.24, 2.45) is 16.6 Å². The largest absolute Gasteiger partial charge is 0.370 e. The van der Waals surface area contributed by atoms with Crippen molar-refractivity contribution in [3.05, 3.63) is 0 Å². The molecule has 0 aromatic rings. The highest BCUT2D eigenvalue weighted by atomic mass is 15.3. The van der Waals surface area contributed by atoms with Gasteiger partial charge in [-0.05, 0) is 25.7 Å². The van der Waals surface area contributed by atoms with Gasteiger partial charge in [-0.25, -0.2) is 0 Å². The third-order valence-electron chi connectivity index (χ3n) is 4.52. The minimum atomic E-state index is 0.537. The molecule has 17 heavy (non-hydrogen) atoms. The van der Waals surface area contributed by atoms with Crippen LogP contribution in [0.15, 0.2) is 4.99 Å². The van der Waals surface area contributed by atoms with Gasteiger partial charge in [0.2, 0.25) is 0 Å². The zero-order valence-electron chi connectivity index (χ0n) is 11.4. The molecule has 2 atom stereocenters. The van der Waals surface area contributed by atoms with Crippen LogP contribution in [0.25, 0.3) is 0 Å². The molecule has 1 aliphatic heterocycles. The van der Waals surface area contributed by atoms with Gasteiger partial charge in [-0.3, -0.25) is 4.99 Å². The van der Waals surface area contributed by atoms with E-state index in [9.17, 15) is 0 Å². The highest BCUT2D eigenvalue weighted by Crippen LogP contribution is 2.30. The molecule has 0 aromatic carbocycles. The van der Waals surface area contributed by atoms with Crippen LogP contribution < -0.4 is 5.73 Å². The third kappa shape index (κ3) is 2.93. The summed E-state index contributed by atoms with van der Waals surface area (Å²) in [4.78, 5) is 6.82. The lowest BCUT2D eigenvalue weighted by atomic mass is 9.84. The number of nitrogens with zero attached hydrogens (tertiary/aromatic N) is 2. The standard InChI is InChI=1S/C14H27N3/c1-3-11(2)17-13(10-16-14(17)15)9-12-7-5-4-6-8-12/h11-13H,3-10H2,1-2H3,(H2,15,16). The first kappa shape index (κ1) is 12.7. The van der Waals surface area contributed by atoms with E-state index in [2.05, 4.69) is 23.7 Å². The maximum atomic E-state index is 6.03. The van der Waals surface area contributed by atoms with Gasteiger partial charge < -0.3 is 10.6 Å². The summed E-state index contributed by atoms with van der Waals surface area (Å²) in [6.45, 7) is 5.42. The lowest BCUT2D eigenvalue weighted by Crippen LogP contribution is -2.46. The van der Waals surface area contributed by atoms with Crippen LogP contribution >= 0.6 is 0 Å². The summed E-state index contributed by atoms with van der Waals surface area (Å²) < 4.78 is 0. The molecule has 0 saturated heterocycles. The Morgan fingerprint density at radius 1 is 1.35 bits per heavy atom. The molecule has 1 heterocycles. The quantitative estimate of drug-likeness (QED) is 0.817. The van der Waals surface area contributed by atoms with Gasteiger partial charge in [0.25, 0.3) is 0 Å². The van der Waals surface area contributed by atoms with E-state index in [1.54, 1.807) is 0 Å². The Morgan fingerprint density at radius 3 is 2.71 bits per heavy atom. The molecule has 2 rings (SSSR count). The Balaban J connectivity index is 1.91. The Hall–Kier alpha value is -0.730. The Bertz CT molecular complexity index is 269. The van der Waals surface area contributed by atoms with Crippen LogP contribution in [-0.4, -0.2) is 29.5 Å². The second-order valence-electron chi connectivity index (χ2n) is 5.76. The van der Waals surface area contributed by atoms with Crippen molar-refractivity contribution in [1.29, 1.82) is 0 Å². The number of guanidine groups is 1. The minimum absolute atomic E-state index is 0.537. The Morgan fingerprint density at radius 2 is 2.06 bits per heavy atom. The number of hydrogen-bond acceptors (Lipinski definition) is 3. The number of hydrogen-bond donors (Lipinski definition) is 1. The van der Waals surface area contributed by atoms with Crippen LogP contribution in [0, 0.1) is 5.92 Å². The first-order valence-electron chi connectivity index (χ1n) is 7.30. The van der Waals surface area contributed by atoms with E-state index < -0.39 is 0 Å². The fourth-order valence-electron chi connectivity index (χ4n) is 3.33. The van der Waals surface area contributed by atoms with Crippen molar-refractivity contribution >= 4 is 5.96 Å². The van der Waals surface area contributed by atoms with Crippen LogP contribution in [0.3, 0.4) is 0 Å². The van der Waals surface area contributed by atoms with Crippen molar-refractivity contribution in [2.75, 3.05) is 6.54 Å². The number of rotatable bonds is 4. The molecule has 1 fully saturated rings. The maximum Gasteiger partial charge on any atom is 0.191 e. The number of nitrogens with two attached hydrogens (primary N) is 1. The smallest absolute Gasteiger partial charge is 0.191 e. The normalized spacial score (nSPS) is 28.2. The average Bonchev–Trinajstić information content (AvgIpc) is 2.71. The van der Waals surface area contributed by atoms with Gasteiger partial charge in [0.15, 0.2) is 5.96 Å². The molecule has 0 aromatic heterocycles. The predicted molar refractivity (Wildman–Crippen MR) is 73.1 cm³/mol. The second-order valence-corrected chi connectivity index (χ2v) is 5.76. The molecule has 2 N–H and O–H groups in total. The van der Waals surface area contributed by atoms with Gasteiger partial charge in [0.05, 0.1) is 12.6 Å². The van der Waals surface area contributed by atoms with E-state index in [0.717, 1.165) is 24.8 Å². The molecule has 2 aliphatic rings. The molecule has 98 valence electrons. The fraction of sp³-hybridized carbons (Fsp3) is 0.929. The Labute approximate surface area is 105 Å². The van der Waals surface area contributed by atoms with Gasteiger partial charge in [-0.1, -0.05) is 39.0 Å². The number of aliphatic imine (C=N–C) groups is 1. The summed E-state index contributed by atoms with van der Waals surface area (Å²) in [5, 5.41) is 0. The van der Waals surface area contributed by atoms with E-state index in [4.69, 9.17) is 5.73 Å². The van der Waals surface area contributed by atoms with Crippen molar-refractivity contribution in [2.45, 2.75) is 70.9 Å². The molecule has 3 heteroatoms. The highest BCUT2D eigenvalue weighted by Gasteiger charge is 2.31. The zero-order chi connectivity index (χ0) is 12.3. The first-order valence-corrected chi connectivity index (χ1v) is 7.30. The monoisotopic (exact) mass is 237 g/mol. The molecule has 3 nitrogen and oxygen atoms in total. The molecule has 0 amide bonds. The lowest BCUT2D eigenvalue weighted by molar-refractivity contribution is 0.208. The average molecular weight is 237 g/mol. The molecule has 0 radical (unpaired) electrons. The van der Waals surface area contributed by atoms with E-state index in [-0.39, 0.29) is 0 Å². The summed E-state index contributed by atoms with van der Waals surface area (Å²) in [6, 6.07) is 1.11. The predicted octanol–water partition coefficient (Wildman–Crippen LogP) is 2.75. The summed E-state index contributed by atoms with van der Waals surface area (Å²) in [7, 11) is 0. The van der Waals surface area contributed by atoms with Gasteiger partial charge >= 0.3 is 0 Å². The second kappa shape index (κ2) is 5.74. The van der Waals surface area contributed by atoms with Crippen molar-refractivity contribution < 1.29 is 0 Å². The molecule has 1 saturated carbocycles. The van der Waals surface area contributed by atoms with Crippen LogP contribution in [0.1, 0.15) is 58.8 Å². The maximum absolute atomic E-state index is 6.03.